The minimum atomic E-state index is -1.04. The molecule has 0 saturated carbocycles. The highest BCUT2D eigenvalue weighted by Gasteiger charge is 2.17. The van der Waals surface area contributed by atoms with Gasteiger partial charge in [-0.3, -0.25) is 4.79 Å². The van der Waals surface area contributed by atoms with Gasteiger partial charge in [-0.15, -0.1) is 0 Å². The summed E-state index contributed by atoms with van der Waals surface area (Å²) in [4.78, 5) is 23.0. The van der Waals surface area contributed by atoms with E-state index in [9.17, 15) is 9.59 Å². The normalized spacial score (nSPS) is 11.9. The van der Waals surface area contributed by atoms with Crippen LogP contribution < -0.4 is 5.32 Å². The highest BCUT2D eigenvalue weighted by atomic mass is 16.4. The molecule has 0 aliphatic rings. The summed E-state index contributed by atoms with van der Waals surface area (Å²) in [6.45, 7) is 3.58. The Hall–Kier alpha value is -2.56. The first-order valence-electron chi connectivity index (χ1n) is 6.64. The third-order valence-corrected chi connectivity index (χ3v) is 3.33. The van der Waals surface area contributed by atoms with E-state index in [0.29, 0.717) is 11.5 Å². The second-order valence-corrected chi connectivity index (χ2v) is 4.84. The molecule has 1 aromatic heterocycles. The van der Waals surface area contributed by atoms with Gasteiger partial charge in [-0.1, -0.05) is 30.3 Å². The first kappa shape index (κ1) is 14.8. The number of benzene rings is 1. The molecular formula is C16H17NO4. The van der Waals surface area contributed by atoms with Crippen molar-refractivity contribution >= 4 is 11.9 Å². The van der Waals surface area contributed by atoms with Crippen molar-refractivity contribution in [3.8, 4) is 0 Å². The molecule has 0 saturated heterocycles. The van der Waals surface area contributed by atoms with E-state index in [-0.39, 0.29) is 23.9 Å². The first-order valence-corrected chi connectivity index (χ1v) is 6.64. The Labute approximate surface area is 122 Å². The van der Waals surface area contributed by atoms with Crippen LogP contribution in [-0.2, 0) is 11.3 Å². The Kier molecular flexibility index (Phi) is 4.42. The molecule has 5 heteroatoms. The van der Waals surface area contributed by atoms with Gasteiger partial charge in [-0.25, -0.2) is 4.79 Å². The van der Waals surface area contributed by atoms with Crippen LogP contribution in [0.5, 0.6) is 0 Å². The van der Waals surface area contributed by atoms with Crippen molar-refractivity contribution in [2.45, 2.75) is 26.3 Å². The summed E-state index contributed by atoms with van der Waals surface area (Å²) in [7, 11) is 0. The summed E-state index contributed by atoms with van der Waals surface area (Å²) < 4.78 is 5.32. The number of hydrogen-bond acceptors (Lipinski definition) is 3. The highest BCUT2D eigenvalue weighted by molar-refractivity contribution is 5.89. The summed E-state index contributed by atoms with van der Waals surface area (Å²) in [5.74, 6) is -0.679. The molecule has 0 aliphatic carbocycles. The number of carbonyl (C=O) groups is 2. The van der Waals surface area contributed by atoms with Crippen molar-refractivity contribution in [3.05, 3.63) is 59.0 Å². The third-order valence-electron chi connectivity index (χ3n) is 3.33. The molecule has 1 heterocycles. The number of hydrogen-bond donors (Lipinski definition) is 2. The second-order valence-electron chi connectivity index (χ2n) is 4.84. The molecule has 0 fully saturated rings. The van der Waals surface area contributed by atoms with Crippen molar-refractivity contribution in [2.24, 2.45) is 0 Å². The Morgan fingerprint density at radius 2 is 1.95 bits per heavy atom. The average Bonchev–Trinajstić information content (AvgIpc) is 2.86. The van der Waals surface area contributed by atoms with Gasteiger partial charge >= 0.3 is 5.97 Å². The number of carbonyl (C=O) groups excluding carboxylic acids is 1. The highest BCUT2D eigenvalue weighted by Crippen LogP contribution is 2.17. The second kappa shape index (κ2) is 6.26. The van der Waals surface area contributed by atoms with Gasteiger partial charge in [0.25, 0.3) is 0 Å². The number of carboxylic acids is 1. The number of nitrogens with one attached hydrogen (secondary N) is 1. The zero-order chi connectivity index (χ0) is 15.4. The maximum absolute atomic E-state index is 12.1. The smallest absolute Gasteiger partial charge is 0.339 e. The van der Waals surface area contributed by atoms with Crippen LogP contribution in [0.2, 0.25) is 0 Å². The van der Waals surface area contributed by atoms with Crippen LogP contribution in [0.1, 0.15) is 40.3 Å². The predicted octanol–water partition coefficient (Wildman–Crippen LogP) is 2.71. The van der Waals surface area contributed by atoms with Gasteiger partial charge in [0.1, 0.15) is 17.1 Å². The van der Waals surface area contributed by atoms with Crippen LogP contribution in [0, 0.1) is 6.92 Å². The summed E-state index contributed by atoms with van der Waals surface area (Å²) in [6, 6.07) is 10.9. The molecule has 2 N–H and O–H groups in total. The number of aryl methyl sites for hydroxylation is 1. The number of aromatic carboxylic acids is 1. The Morgan fingerprint density at radius 3 is 2.52 bits per heavy atom. The quantitative estimate of drug-likeness (QED) is 0.886. The topological polar surface area (TPSA) is 79.5 Å². The van der Waals surface area contributed by atoms with Crippen molar-refractivity contribution in [2.75, 3.05) is 0 Å². The lowest BCUT2D eigenvalue weighted by Gasteiger charge is -2.11. The van der Waals surface area contributed by atoms with Gasteiger partial charge in [0.05, 0.1) is 12.5 Å². The zero-order valence-electron chi connectivity index (χ0n) is 11.9. The van der Waals surface area contributed by atoms with Crippen LogP contribution in [0.15, 0.2) is 40.8 Å². The Balaban J connectivity index is 1.98. The number of amides is 1. The lowest BCUT2D eigenvalue weighted by Crippen LogP contribution is -2.27. The number of carboxylic acid groups (broad SMARTS) is 1. The fourth-order valence-electron chi connectivity index (χ4n) is 2.06. The van der Waals surface area contributed by atoms with Crippen molar-refractivity contribution in [1.29, 1.82) is 0 Å². The molecule has 1 atom stereocenters. The SMILES string of the molecule is Cc1oc(CNC(=O)C(C)c2ccccc2)cc1C(=O)O. The van der Waals surface area contributed by atoms with Gasteiger partial charge in [0.15, 0.2) is 0 Å². The van der Waals surface area contributed by atoms with E-state index in [1.54, 1.807) is 6.92 Å². The molecule has 1 aromatic carbocycles. The molecule has 2 rings (SSSR count). The van der Waals surface area contributed by atoms with Gasteiger partial charge in [-0.05, 0) is 25.5 Å². The largest absolute Gasteiger partial charge is 0.478 e. The lowest BCUT2D eigenvalue weighted by atomic mass is 10.0. The fourth-order valence-corrected chi connectivity index (χ4v) is 2.06. The number of furan rings is 1. The van der Waals surface area contributed by atoms with E-state index >= 15 is 0 Å². The van der Waals surface area contributed by atoms with E-state index < -0.39 is 5.97 Å². The summed E-state index contributed by atoms with van der Waals surface area (Å²) in [5, 5.41) is 11.7. The predicted molar refractivity (Wildman–Crippen MR) is 77.1 cm³/mol. The van der Waals surface area contributed by atoms with E-state index in [0.717, 1.165) is 5.56 Å². The molecule has 0 spiro atoms. The maximum atomic E-state index is 12.1. The summed E-state index contributed by atoms with van der Waals surface area (Å²) in [5.41, 5.74) is 1.05. The lowest BCUT2D eigenvalue weighted by molar-refractivity contribution is -0.122. The van der Waals surface area contributed by atoms with Crippen LogP contribution in [0.25, 0.3) is 0 Å². The molecule has 1 unspecified atom stereocenters. The Morgan fingerprint density at radius 1 is 1.29 bits per heavy atom. The first-order chi connectivity index (χ1) is 9.99. The van der Waals surface area contributed by atoms with Crippen LogP contribution >= 0.6 is 0 Å². The molecule has 110 valence electrons. The number of rotatable bonds is 5. The van der Waals surface area contributed by atoms with E-state index in [1.165, 1.54) is 6.07 Å². The van der Waals surface area contributed by atoms with E-state index in [1.807, 2.05) is 37.3 Å². The Bertz CT molecular complexity index is 646. The van der Waals surface area contributed by atoms with Crippen LogP contribution in [-0.4, -0.2) is 17.0 Å². The summed E-state index contributed by atoms with van der Waals surface area (Å²) >= 11 is 0. The monoisotopic (exact) mass is 287 g/mol. The molecule has 0 bridgehead atoms. The summed E-state index contributed by atoms with van der Waals surface area (Å²) in [6.07, 6.45) is 0. The van der Waals surface area contributed by atoms with Gasteiger partial charge < -0.3 is 14.8 Å². The van der Waals surface area contributed by atoms with Gasteiger partial charge in [0.2, 0.25) is 5.91 Å². The molecule has 0 aliphatic heterocycles. The minimum absolute atomic E-state index is 0.121. The van der Waals surface area contributed by atoms with Gasteiger partial charge in [-0.2, -0.15) is 0 Å². The van der Waals surface area contributed by atoms with Crippen LogP contribution in [0.4, 0.5) is 0 Å². The minimum Gasteiger partial charge on any atom is -0.478 e. The zero-order valence-corrected chi connectivity index (χ0v) is 11.9. The molecule has 1 amide bonds. The van der Waals surface area contributed by atoms with Crippen molar-refractivity contribution in [3.63, 3.8) is 0 Å². The third kappa shape index (κ3) is 3.51. The molecule has 5 nitrogen and oxygen atoms in total. The maximum Gasteiger partial charge on any atom is 0.339 e. The molecular weight excluding hydrogens is 270 g/mol. The van der Waals surface area contributed by atoms with E-state index in [2.05, 4.69) is 5.32 Å². The fraction of sp³-hybridized carbons (Fsp3) is 0.250. The molecule has 21 heavy (non-hydrogen) atoms. The van der Waals surface area contributed by atoms with Gasteiger partial charge in [0, 0.05) is 0 Å². The molecule has 0 radical (unpaired) electrons. The molecule has 2 aromatic rings. The standard InChI is InChI=1S/C16H17NO4/c1-10(12-6-4-3-5-7-12)15(18)17-9-13-8-14(16(19)20)11(2)21-13/h3-8,10H,9H2,1-2H3,(H,17,18)(H,19,20). The van der Waals surface area contributed by atoms with Crippen LogP contribution in [0.3, 0.4) is 0 Å². The average molecular weight is 287 g/mol. The van der Waals surface area contributed by atoms with Crippen molar-refractivity contribution in [1.82, 2.24) is 5.32 Å². The van der Waals surface area contributed by atoms with Crippen molar-refractivity contribution < 1.29 is 19.1 Å². The van der Waals surface area contributed by atoms with E-state index in [4.69, 9.17) is 9.52 Å².